The van der Waals surface area contributed by atoms with Gasteiger partial charge in [0.2, 0.25) is 0 Å². The molecule has 0 fully saturated rings. The molecule has 2 aromatic carbocycles. The highest BCUT2D eigenvalue weighted by Gasteiger charge is 2.18. The monoisotopic (exact) mass is 356 g/mol. The number of methoxy groups -OCH3 is 1. The number of aromatic nitrogens is 1. The summed E-state index contributed by atoms with van der Waals surface area (Å²) in [7, 11) is 1.64. The lowest BCUT2D eigenvalue weighted by Gasteiger charge is -2.11. The van der Waals surface area contributed by atoms with E-state index in [2.05, 4.69) is 22.9 Å². The molecule has 0 spiro atoms. The number of ether oxygens (including phenoxy) is 1. The highest BCUT2D eigenvalue weighted by atomic mass is 16.5. The molecule has 0 saturated heterocycles. The average molecular weight is 356 g/mol. The third-order valence-corrected chi connectivity index (χ3v) is 4.48. The maximum atomic E-state index is 9.80. The molecule has 27 heavy (non-hydrogen) atoms. The number of hydrogen-bond acceptors (Lipinski definition) is 4. The molecule has 0 unspecified atom stereocenters. The van der Waals surface area contributed by atoms with Crippen LogP contribution in [0.2, 0.25) is 0 Å². The van der Waals surface area contributed by atoms with Gasteiger partial charge in [-0.2, -0.15) is 10.5 Å². The highest BCUT2D eigenvalue weighted by molar-refractivity contribution is 5.95. The Morgan fingerprint density at radius 2 is 1.93 bits per heavy atom. The van der Waals surface area contributed by atoms with Crippen molar-refractivity contribution in [3.05, 3.63) is 59.8 Å². The number of hydrogen-bond donors (Lipinski definition) is 1. The van der Waals surface area contributed by atoms with Gasteiger partial charge in [0.05, 0.1) is 30.0 Å². The SMILES string of the molecule is CCn1c(-c2ccc(N/C(C)=C/C#N)cc2)c(C#N)c2ccc(OC)cc21. The molecule has 3 aromatic rings. The fourth-order valence-corrected chi connectivity index (χ4v) is 3.27. The first-order chi connectivity index (χ1) is 13.1. The zero-order chi connectivity index (χ0) is 19.4. The molecule has 1 heterocycles. The molecule has 1 aromatic heterocycles. The van der Waals surface area contributed by atoms with Crippen molar-refractivity contribution in [1.29, 1.82) is 10.5 Å². The van der Waals surface area contributed by atoms with Crippen LogP contribution in [0.15, 0.2) is 54.2 Å². The van der Waals surface area contributed by atoms with Crippen LogP contribution in [-0.2, 0) is 6.54 Å². The molecule has 5 nitrogen and oxygen atoms in total. The van der Waals surface area contributed by atoms with E-state index in [-0.39, 0.29) is 0 Å². The zero-order valence-electron chi connectivity index (χ0n) is 15.6. The van der Waals surface area contributed by atoms with E-state index in [1.54, 1.807) is 7.11 Å². The second-order valence-corrected chi connectivity index (χ2v) is 6.12. The van der Waals surface area contributed by atoms with Crippen molar-refractivity contribution in [3.8, 4) is 29.1 Å². The lowest BCUT2D eigenvalue weighted by atomic mass is 10.1. The first-order valence-electron chi connectivity index (χ1n) is 8.67. The summed E-state index contributed by atoms with van der Waals surface area (Å²) >= 11 is 0. The fourth-order valence-electron chi connectivity index (χ4n) is 3.27. The van der Waals surface area contributed by atoms with Gasteiger partial charge in [-0.25, -0.2) is 0 Å². The number of fused-ring (bicyclic) bond motifs is 1. The van der Waals surface area contributed by atoms with Gasteiger partial charge < -0.3 is 14.6 Å². The first kappa shape index (κ1) is 18.1. The summed E-state index contributed by atoms with van der Waals surface area (Å²) in [6.45, 7) is 4.65. The maximum absolute atomic E-state index is 9.80. The largest absolute Gasteiger partial charge is 0.497 e. The van der Waals surface area contributed by atoms with Crippen molar-refractivity contribution >= 4 is 16.6 Å². The summed E-state index contributed by atoms with van der Waals surface area (Å²) in [6, 6.07) is 18.0. The summed E-state index contributed by atoms with van der Waals surface area (Å²) in [5, 5.41) is 22.6. The third kappa shape index (κ3) is 3.36. The Hall–Kier alpha value is -3.70. The predicted molar refractivity (Wildman–Crippen MR) is 107 cm³/mol. The second kappa shape index (κ2) is 7.68. The van der Waals surface area contributed by atoms with Gasteiger partial charge >= 0.3 is 0 Å². The lowest BCUT2D eigenvalue weighted by molar-refractivity contribution is 0.415. The minimum atomic E-state index is 0.663. The molecule has 5 heteroatoms. The van der Waals surface area contributed by atoms with E-state index in [1.165, 1.54) is 6.08 Å². The molecule has 0 radical (unpaired) electrons. The number of allylic oxidation sites excluding steroid dienone is 2. The molecule has 0 amide bonds. The van der Waals surface area contributed by atoms with Crippen molar-refractivity contribution in [2.24, 2.45) is 0 Å². The minimum absolute atomic E-state index is 0.663. The van der Waals surface area contributed by atoms with Crippen LogP contribution in [0.4, 0.5) is 5.69 Å². The first-order valence-corrected chi connectivity index (χ1v) is 8.67. The van der Waals surface area contributed by atoms with Crippen molar-refractivity contribution in [2.75, 3.05) is 12.4 Å². The normalized spacial score (nSPS) is 11.1. The molecule has 0 bridgehead atoms. The summed E-state index contributed by atoms with van der Waals surface area (Å²) in [6.07, 6.45) is 1.46. The molecule has 0 aliphatic carbocycles. The molecule has 0 aliphatic rings. The molecule has 0 atom stereocenters. The Bertz CT molecular complexity index is 1090. The molecule has 0 aliphatic heterocycles. The van der Waals surface area contributed by atoms with Gasteiger partial charge in [-0.1, -0.05) is 12.1 Å². The summed E-state index contributed by atoms with van der Waals surface area (Å²) < 4.78 is 7.49. The number of rotatable bonds is 5. The molecular formula is C22H20N4O. The summed E-state index contributed by atoms with van der Waals surface area (Å²) in [5.74, 6) is 0.769. The van der Waals surface area contributed by atoms with E-state index >= 15 is 0 Å². The number of aryl methyl sites for hydroxylation is 1. The van der Waals surface area contributed by atoms with Gasteiger partial charge in [0.25, 0.3) is 0 Å². The van der Waals surface area contributed by atoms with Crippen molar-refractivity contribution < 1.29 is 4.74 Å². The van der Waals surface area contributed by atoms with E-state index in [1.807, 2.05) is 55.5 Å². The van der Waals surface area contributed by atoms with Crippen molar-refractivity contribution in [1.82, 2.24) is 4.57 Å². The highest BCUT2D eigenvalue weighted by Crippen LogP contribution is 2.35. The van der Waals surface area contributed by atoms with Crippen LogP contribution in [0.3, 0.4) is 0 Å². The fraction of sp³-hybridized carbons (Fsp3) is 0.182. The quantitative estimate of drug-likeness (QED) is 0.649. The van der Waals surface area contributed by atoms with E-state index in [0.717, 1.165) is 45.8 Å². The zero-order valence-corrected chi connectivity index (χ0v) is 15.6. The Kier molecular flexibility index (Phi) is 5.15. The van der Waals surface area contributed by atoms with Gasteiger partial charge in [-0.05, 0) is 43.7 Å². The summed E-state index contributed by atoms with van der Waals surface area (Å²) in [4.78, 5) is 0. The second-order valence-electron chi connectivity index (χ2n) is 6.12. The van der Waals surface area contributed by atoms with Crippen LogP contribution >= 0.6 is 0 Å². The number of benzene rings is 2. The van der Waals surface area contributed by atoms with Crippen molar-refractivity contribution in [3.63, 3.8) is 0 Å². The number of nitrogens with one attached hydrogen (secondary N) is 1. The third-order valence-electron chi connectivity index (χ3n) is 4.48. The standard InChI is InChI=1S/C22H20N4O/c1-4-26-21-13-18(27-3)9-10-19(21)20(14-24)22(26)16-5-7-17(8-6-16)25-15(2)11-12-23/h5-11,13,25H,4H2,1-3H3/b15-11+. The van der Waals surface area contributed by atoms with Gasteiger partial charge in [-0.15, -0.1) is 0 Å². The van der Waals surface area contributed by atoms with Gasteiger partial charge in [-0.3, -0.25) is 0 Å². The molecular weight excluding hydrogens is 336 g/mol. The van der Waals surface area contributed by atoms with Gasteiger partial charge in [0.1, 0.15) is 11.8 Å². The van der Waals surface area contributed by atoms with E-state index in [9.17, 15) is 5.26 Å². The minimum Gasteiger partial charge on any atom is -0.497 e. The topological polar surface area (TPSA) is 73.8 Å². The summed E-state index contributed by atoms with van der Waals surface area (Å²) in [5.41, 5.74) is 5.18. The van der Waals surface area contributed by atoms with Gasteiger partial charge in [0, 0.05) is 35.5 Å². The van der Waals surface area contributed by atoms with Crippen LogP contribution in [-0.4, -0.2) is 11.7 Å². The number of nitrogens with zero attached hydrogens (tertiary/aromatic N) is 3. The number of nitriles is 2. The van der Waals surface area contributed by atoms with Gasteiger partial charge in [0.15, 0.2) is 0 Å². The Morgan fingerprint density at radius 3 is 2.52 bits per heavy atom. The van der Waals surface area contributed by atoms with Crippen LogP contribution in [0.1, 0.15) is 19.4 Å². The number of anilines is 1. The molecule has 3 rings (SSSR count). The van der Waals surface area contributed by atoms with Crippen LogP contribution in [0, 0.1) is 22.7 Å². The molecule has 1 N–H and O–H groups in total. The Labute approximate surface area is 158 Å². The molecule has 134 valence electrons. The van der Waals surface area contributed by atoms with E-state index in [0.29, 0.717) is 5.56 Å². The Morgan fingerprint density at radius 1 is 1.19 bits per heavy atom. The maximum Gasteiger partial charge on any atom is 0.120 e. The lowest BCUT2D eigenvalue weighted by Crippen LogP contribution is -1.99. The van der Waals surface area contributed by atoms with Crippen LogP contribution < -0.4 is 10.1 Å². The van der Waals surface area contributed by atoms with Crippen LogP contribution in [0.5, 0.6) is 5.75 Å². The smallest absolute Gasteiger partial charge is 0.120 e. The van der Waals surface area contributed by atoms with E-state index in [4.69, 9.17) is 10.00 Å². The molecule has 0 saturated carbocycles. The van der Waals surface area contributed by atoms with Crippen LogP contribution in [0.25, 0.3) is 22.2 Å². The average Bonchev–Trinajstić information content (AvgIpc) is 3.01. The van der Waals surface area contributed by atoms with E-state index < -0.39 is 0 Å². The Balaban J connectivity index is 2.12. The van der Waals surface area contributed by atoms with Crippen molar-refractivity contribution in [2.45, 2.75) is 20.4 Å². The predicted octanol–water partition coefficient (Wildman–Crippen LogP) is 5.05.